The summed E-state index contributed by atoms with van der Waals surface area (Å²) < 4.78 is 19.0. The number of carbonyl (C=O) groups excluding carboxylic acids is 2. The van der Waals surface area contributed by atoms with Crippen LogP contribution in [0.4, 0.5) is 0 Å². The minimum atomic E-state index is -0.542. The summed E-state index contributed by atoms with van der Waals surface area (Å²) in [6, 6.07) is 1.59. The van der Waals surface area contributed by atoms with Crippen LogP contribution in [0.3, 0.4) is 0 Å². The van der Waals surface area contributed by atoms with Gasteiger partial charge in [0.2, 0.25) is 0 Å². The maximum atomic E-state index is 12.2. The van der Waals surface area contributed by atoms with E-state index in [0.717, 1.165) is 5.46 Å². The highest BCUT2D eigenvalue weighted by Gasteiger charge is 2.52. The Hall–Kier alpha value is -1.80. The third-order valence-electron chi connectivity index (χ3n) is 5.23. The van der Waals surface area contributed by atoms with Crippen LogP contribution in [0.1, 0.15) is 57.6 Å². The molecule has 0 bridgehead atoms. The minimum Gasteiger partial charge on any atom is -0.466 e. The SMILES string of the molecule is CCOC(=O)CC1CNC(=O)c2cc(B3OC(C)(C)C(C)(C)O3)cn21. The molecular weight excluding hydrogens is 323 g/mol. The summed E-state index contributed by atoms with van der Waals surface area (Å²) in [6.07, 6.45) is 2.05. The van der Waals surface area contributed by atoms with Gasteiger partial charge in [0.15, 0.2) is 0 Å². The summed E-state index contributed by atoms with van der Waals surface area (Å²) >= 11 is 0. The normalized spacial score (nSPS) is 24.0. The van der Waals surface area contributed by atoms with E-state index in [4.69, 9.17) is 14.0 Å². The van der Waals surface area contributed by atoms with Gasteiger partial charge in [0.1, 0.15) is 5.69 Å². The molecule has 1 atom stereocenters. The average Bonchev–Trinajstić information content (AvgIpc) is 3.03. The number of carbonyl (C=O) groups is 2. The number of hydrogen-bond acceptors (Lipinski definition) is 5. The van der Waals surface area contributed by atoms with Crippen molar-refractivity contribution in [1.29, 1.82) is 0 Å². The lowest BCUT2D eigenvalue weighted by Gasteiger charge is -2.32. The van der Waals surface area contributed by atoms with Gasteiger partial charge in [0.25, 0.3) is 5.91 Å². The smallest absolute Gasteiger partial charge is 0.466 e. The van der Waals surface area contributed by atoms with Gasteiger partial charge in [-0.3, -0.25) is 9.59 Å². The van der Waals surface area contributed by atoms with Gasteiger partial charge in [0, 0.05) is 18.2 Å². The van der Waals surface area contributed by atoms with Crippen LogP contribution in [0.25, 0.3) is 0 Å². The average molecular weight is 348 g/mol. The van der Waals surface area contributed by atoms with Gasteiger partial charge in [-0.25, -0.2) is 0 Å². The Morgan fingerprint density at radius 2 is 2.00 bits per heavy atom. The molecule has 1 aromatic heterocycles. The fourth-order valence-corrected chi connectivity index (χ4v) is 3.08. The number of rotatable bonds is 4. The molecule has 1 saturated heterocycles. The molecule has 7 nitrogen and oxygen atoms in total. The Labute approximate surface area is 148 Å². The van der Waals surface area contributed by atoms with Gasteiger partial charge < -0.3 is 23.9 Å². The highest BCUT2D eigenvalue weighted by Crippen LogP contribution is 2.36. The van der Waals surface area contributed by atoms with E-state index in [-0.39, 0.29) is 24.3 Å². The van der Waals surface area contributed by atoms with E-state index in [2.05, 4.69) is 5.32 Å². The number of esters is 1. The Balaban J connectivity index is 1.86. The van der Waals surface area contributed by atoms with Crippen LogP contribution in [-0.4, -0.2) is 47.9 Å². The standard InChI is InChI=1S/C17H25BN2O5/c1-6-23-14(21)8-12-9-19-15(22)13-7-11(10-20(12)13)18-24-16(2,3)17(4,5)25-18/h7,10,12H,6,8-9H2,1-5H3,(H,19,22). The van der Waals surface area contributed by atoms with Gasteiger partial charge in [-0.15, -0.1) is 0 Å². The van der Waals surface area contributed by atoms with Gasteiger partial charge in [-0.05, 0) is 40.7 Å². The molecule has 0 saturated carbocycles. The summed E-state index contributed by atoms with van der Waals surface area (Å²) in [7, 11) is -0.542. The Kier molecular flexibility index (Phi) is 4.45. The first-order chi connectivity index (χ1) is 11.6. The van der Waals surface area contributed by atoms with E-state index in [1.54, 1.807) is 13.0 Å². The molecule has 2 aliphatic heterocycles. The van der Waals surface area contributed by atoms with Crippen molar-refractivity contribution in [2.75, 3.05) is 13.2 Å². The van der Waals surface area contributed by atoms with Crippen molar-refractivity contribution in [2.45, 2.75) is 58.3 Å². The molecule has 0 radical (unpaired) electrons. The van der Waals surface area contributed by atoms with Crippen LogP contribution in [0.5, 0.6) is 0 Å². The van der Waals surface area contributed by atoms with Gasteiger partial charge in [-0.2, -0.15) is 0 Å². The number of aromatic nitrogens is 1. The zero-order valence-electron chi connectivity index (χ0n) is 15.4. The van der Waals surface area contributed by atoms with Crippen LogP contribution in [0, 0.1) is 0 Å². The molecule has 8 heteroatoms. The number of hydrogen-bond donors (Lipinski definition) is 1. The summed E-state index contributed by atoms with van der Waals surface area (Å²) in [6.45, 7) is 10.5. The third-order valence-corrected chi connectivity index (χ3v) is 5.23. The minimum absolute atomic E-state index is 0.164. The molecule has 1 aromatic rings. The molecule has 1 amide bonds. The van der Waals surface area contributed by atoms with Crippen LogP contribution < -0.4 is 10.8 Å². The van der Waals surface area contributed by atoms with Crippen molar-refractivity contribution in [2.24, 2.45) is 0 Å². The fourth-order valence-electron chi connectivity index (χ4n) is 3.08. The molecule has 3 heterocycles. The van der Waals surface area contributed by atoms with Gasteiger partial charge >= 0.3 is 13.1 Å². The van der Waals surface area contributed by atoms with E-state index in [1.807, 2.05) is 38.5 Å². The van der Waals surface area contributed by atoms with E-state index in [9.17, 15) is 9.59 Å². The molecule has 3 rings (SSSR count). The number of nitrogens with zero attached hydrogens (tertiary/aromatic N) is 1. The summed E-state index contributed by atoms with van der Waals surface area (Å²) in [5.74, 6) is -0.441. The first-order valence-electron chi connectivity index (χ1n) is 8.66. The summed E-state index contributed by atoms with van der Waals surface area (Å²) in [4.78, 5) is 24.0. The molecule has 1 fully saturated rings. The second-order valence-electron chi connectivity index (χ2n) is 7.53. The lowest BCUT2D eigenvalue weighted by molar-refractivity contribution is -0.144. The van der Waals surface area contributed by atoms with E-state index in [0.29, 0.717) is 18.8 Å². The first kappa shape index (κ1) is 18.0. The van der Waals surface area contributed by atoms with Crippen LogP contribution in [0.2, 0.25) is 0 Å². The predicted molar refractivity (Wildman–Crippen MR) is 92.8 cm³/mol. The number of nitrogens with one attached hydrogen (secondary N) is 1. The van der Waals surface area contributed by atoms with Gasteiger partial charge in [0.05, 0.1) is 30.3 Å². The largest absolute Gasteiger partial charge is 0.496 e. The van der Waals surface area contributed by atoms with Crippen LogP contribution in [-0.2, 0) is 18.8 Å². The highest BCUT2D eigenvalue weighted by atomic mass is 16.7. The van der Waals surface area contributed by atoms with E-state index >= 15 is 0 Å². The van der Waals surface area contributed by atoms with Crippen LogP contribution in [0.15, 0.2) is 12.3 Å². The van der Waals surface area contributed by atoms with Crippen molar-refractivity contribution in [3.63, 3.8) is 0 Å². The van der Waals surface area contributed by atoms with Crippen molar-refractivity contribution >= 4 is 24.5 Å². The molecule has 0 aliphatic carbocycles. The Morgan fingerprint density at radius 1 is 1.36 bits per heavy atom. The maximum Gasteiger partial charge on any atom is 0.496 e. The molecule has 1 unspecified atom stereocenters. The monoisotopic (exact) mass is 348 g/mol. The van der Waals surface area contributed by atoms with Crippen molar-refractivity contribution < 1.29 is 23.6 Å². The lowest BCUT2D eigenvalue weighted by atomic mass is 9.81. The second kappa shape index (κ2) is 6.18. The summed E-state index contributed by atoms with van der Waals surface area (Å²) in [5, 5.41) is 2.82. The first-order valence-corrected chi connectivity index (χ1v) is 8.66. The van der Waals surface area contributed by atoms with E-state index in [1.165, 1.54) is 0 Å². The molecule has 25 heavy (non-hydrogen) atoms. The third kappa shape index (κ3) is 3.20. The summed E-state index contributed by atoms with van der Waals surface area (Å²) in [5.41, 5.74) is 0.379. The lowest BCUT2D eigenvalue weighted by Crippen LogP contribution is -2.41. The molecule has 136 valence electrons. The molecule has 1 N–H and O–H groups in total. The molecule has 0 spiro atoms. The highest BCUT2D eigenvalue weighted by molar-refractivity contribution is 6.62. The van der Waals surface area contributed by atoms with Crippen LogP contribution >= 0.6 is 0 Å². The zero-order chi connectivity index (χ0) is 18.4. The topological polar surface area (TPSA) is 78.8 Å². The number of amides is 1. The Bertz CT molecular complexity index is 681. The zero-order valence-corrected chi connectivity index (χ0v) is 15.4. The molecule has 0 aromatic carbocycles. The predicted octanol–water partition coefficient (Wildman–Crippen LogP) is 1.02. The number of ether oxygens (including phenoxy) is 1. The quantitative estimate of drug-likeness (QED) is 0.649. The fraction of sp³-hybridized carbons (Fsp3) is 0.647. The molecular formula is C17H25BN2O5. The molecule has 2 aliphatic rings. The number of fused-ring (bicyclic) bond motifs is 1. The van der Waals surface area contributed by atoms with Crippen molar-refractivity contribution in [1.82, 2.24) is 9.88 Å². The second-order valence-corrected chi connectivity index (χ2v) is 7.53. The van der Waals surface area contributed by atoms with Crippen molar-refractivity contribution in [3.05, 3.63) is 18.0 Å². The maximum absolute atomic E-state index is 12.2. The Morgan fingerprint density at radius 3 is 2.60 bits per heavy atom. The van der Waals surface area contributed by atoms with E-state index < -0.39 is 18.3 Å². The van der Waals surface area contributed by atoms with Gasteiger partial charge in [-0.1, -0.05) is 0 Å². The van der Waals surface area contributed by atoms with Crippen molar-refractivity contribution in [3.8, 4) is 0 Å².